The molecule has 0 aliphatic carbocycles. The third kappa shape index (κ3) is 4.58. The summed E-state index contributed by atoms with van der Waals surface area (Å²) >= 11 is 0. The zero-order valence-electron chi connectivity index (χ0n) is 17.0. The first-order valence-electron chi connectivity index (χ1n) is 10.3. The highest BCUT2D eigenvalue weighted by atomic mass is 16.6. The van der Waals surface area contributed by atoms with E-state index in [1.54, 1.807) is 6.07 Å². The van der Waals surface area contributed by atoms with E-state index in [0.29, 0.717) is 11.7 Å². The van der Waals surface area contributed by atoms with Crippen molar-refractivity contribution in [2.24, 2.45) is 0 Å². The van der Waals surface area contributed by atoms with Crippen LogP contribution in [-0.4, -0.2) is 67.1 Å². The largest absolute Gasteiger partial charge is 0.339 e. The number of hydrogen-bond donors (Lipinski definition) is 1. The lowest BCUT2D eigenvalue weighted by Crippen LogP contribution is -2.49. The molecule has 2 heterocycles. The van der Waals surface area contributed by atoms with Gasteiger partial charge in [0.15, 0.2) is 0 Å². The van der Waals surface area contributed by atoms with E-state index in [1.165, 1.54) is 6.42 Å². The number of nitrogens with zero attached hydrogens (tertiary/aromatic N) is 4. The first-order valence-corrected chi connectivity index (χ1v) is 10.3. The molecule has 4 rings (SSSR count). The van der Waals surface area contributed by atoms with E-state index in [-0.39, 0.29) is 10.6 Å². The molecule has 7 heteroatoms. The van der Waals surface area contributed by atoms with Crippen LogP contribution in [0.15, 0.2) is 48.5 Å². The van der Waals surface area contributed by atoms with Crippen molar-refractivity contribution in [2.45, 2.75) is 19.0 Å². The molecule has 2 fully saturated rings. The Balaban J connectivity index is 1.46. The number of nitro benzene ring substituents is 1. The van der Waals surface area contributed by atoms with Crippen LogP contribution in [0, 0.1) is 10.1 Å². The maximum Gasteiger partial charge on any atom is 0.293 e. The van der Waals surface area contributed by atoms with E-state index in [1.807, 2.05) is 54.4 Å². The fourth-order valence-electron chi connectivity index (χ4n) is 4.45. The molecule has 0 bridgehead atoms. The quantitative estimate of drug-likeness (QED) is 0.599. The molecule has 1 N–H and O–H groups in total. The van der Waals surface area contributed by atoms with Crippen LogP contribution in [0.4, 0.5) is 17.1 Å². The Labute approximate surface area is 172 Å². The predicted octanol–water partition coefficient (Wildman–Crippen LogP) is 2.84. The summed E-state index contributed by atoms with van der Waals surface area (Å²) in [5.41, 5.74) is 2.71. The molecule has 0 spiro atoms. The summed E-state index contributed by atoms with van der Waals surface area (Å²) in [5, 5.41) is 15.2. The number of rotatable bonds is 6. The summed E-state index contributed by atoms with van der Waals surface area (Å²) in [5.74, 6) is 0. The maximum atomic E-state index is 11.8. The maximum absolute atomic E-state index is 11.8. The lowest BCUT2D eigenvalue weighted by molar-refractivity contribution is -0.384. The molecular weight excluding hydrogens is 366 g/mol. The Morgan fingerprint density at radius 1 is 1.14 bits per heavy atom. The Hall–Kier alpha value is -2.48. The van der Waals surface area contributed by atoms with Crippen LogP contribution >= 0.6 is 0 Å². The Bertz CT molecular complexity index is 838. The van der Waals surface area contributed by atoms with Crippen LogP contribution in [0.1, 0.15) is 12.0 Å². The number of nitro groups is 1. The van der Waals surface area contributed by atoms with Crippen molar-refractivity contribution in [3.8, 4) is 0 Å². The topological polar surface area (TPSA) is 64.9 Å². The molecule has 1 atom stereocenters. The van der Waals surface area contributed by atoms with Gasteiger partial charge in [0, 0.05) is 70.7 Å². The minimum Gasteiger partial charge on any atom is -0.339 e. The van der Waals surface area contributed by atoms with Crippen molar-refractivity contribution in [3.05, 3.63) is 64.2 Å². The summed E-state index contributed by atoms with van der Waals surface area (Å²) < 4.78 is 0. The minimum atomic E-state index is -0.272. The first kappa shape index (κ1) is 19.8. The third-order valence-corrected chi connectivity index (χ3v) is 6.06. The van der Waals surface area contributed by atoms with Gasteiger partial charge in [0.2, 0.25) is 0 Å². The molecule has 0 radical (unpaired) electrons. The Morgan fingerprint density at radius 3 is 2.62 bits per heavy atom. The molecule has 2 aromatic rings. The third-order valence-electron chi connectivity index (χ3n) is 6.06. The van der Waals surface area contributed by atoms with Gasteiger partial charge < -0.3 is 10.2 Å². The van der Waals surface area contributed by atoms with E-state index in [4.69, 9.17) is 0 Å². The van der Waals surface area contributed by atoms with Crippen molar-refractivity contribution >= 4 is 17.1 Å². The van der Waals surface area contributed by atoms with Gasteiger partial charge in [-0.15, -0.1) is 0 Å². The van der Waals surface area contributed by atoms with Crippen LogP contribution in [-0.2, 0) is 6.54 Å². The summed E-state index contributed by atoms with van der Waals surface area (Å²) in [6.07, 6.45) is 1.18. The molecular formula is C22H29N5O2. The van der Waals surface area contributed by atoms with Crippen molar-refractivity contribution < 1.29 is 4.92 Å². The van der Waals surface area contributed by atoms with Gasteiger partial charge in [-0.25, -0.2) is 0 Å². The molecule has 0 aromatic heterocycles. The second kappa shape index (κ2) is 8.90. The zero-order valence-corrected chi connectivity index (χ0v) is 17.0. The molecule has 1 unspecified atom stereocenters. The van der Waals surface area contributed by atoms with Crippen LogP contribution in [0.3, 0.4) is 0 Å². The fraction of sp³-hybridized carbons (Fsp3) is 0.455. The molecule has 2 aromatic carbocycles. The highest BCUT2D eigenvalue weighted by molar-refractivity contribution is 5.72. The summed E-state index contributed by atoms with van der Waals surface area (Å²) in [7, 11) is 1.87. The standard InChI is InChI=1S/C22H29N5O2/c1-24(19-5-3-2-4-6-19)21-8-7-18(15-22(21)27(28)29)16-25-12-9-20(17-25)26-13-10-23-11-14-26/h2-8,15,20,23H,9-14,16-17H2,1H3. The van der Waals surface area contributed by atoms with Gasteiger partial charge >= 0.3 is 0 Å². The molecule has 7 nitrogen and oxygen atoms in total. The molecule has 2 aliphatic rings. The number of benzene rings is 2. The van der Waals surface area contributed by atoms with Crippen LogP contribution in [0.5, 0.6) is 0 Å². The normalized spacial score (nSPS) is 20.7. The highest BCUT2D eigenvalue weighted by Gasteiger charge is 2.29. The number of hydrogen-bond acceptors (Lipinski definition) is 6. The van der Waals surface area contributed by atoms with Gasteiger partial charge in [0.1, 0.15) is 5.69 Å². The molecule has 0 amide bonds. The van der Waals surface area contributed by atoms with E-state index in [0.717, 1.165) is 57.1 Å². The minimum absolute atomic E-state index is 0.159. The number of nitrogens with one attached hydrogen (secondary N) is 1. The molecule has 154 valence electrons. The van der Waals surface area contributed by atoms with Crippen LogP contribution in [0.2, 0.25) is 0 Å². The van der Waals surface area contributed by atoms with Gasteiger partial charge in [0.25, 0.3) is 5.69 Å². The fourth-order valence-corrected chi connectivity index (χ4v) is 4.45. The molecule has 29 heavy (non-hydrogen) atoms. The molecule has 2 aliphatic heterocycles. The van der Waals surface area contributed by atoms with E-state index in [9.17, 15) is 10.1 Å². The number of likely N-dealkylation sites (tertiary alicyclic amines) is 1. The predicted molar refractivity (Wildman–Crippen MR) is 116 cm³/mol. The lowest BCUT2D eigenvalue weighted by Gasteiger charge is -2.32. The Morgan fingerprint density at radius 2 is 1.90 bits per heavy atom. The van der Waals surface area contributed by atoms with E-state index < -0.39 is 0 Å². The average molecular weight is 396 g/mol. The average Bonchev–Trinajstić information content (AvgIpc) is 3.23. The number of piperazine rings is 1. The second-order valence-electron chi connectivity index (χ2n) is 7.94. The zero-order chi connectivity index (χ0) is 20.2. The first-order chi connectivity index (χ1) is 14.1. The smallest absolute Gasteiger partial charge is 0.293 e. The summed E-state index contributed by atoms with van der Waals surface area (Å²) in [4.78, 5) is 18.4. The molecule has 0 saturated carbocycles. The van der Waals surface area contributed by atoms with Gasteiger partial charge in [-0.2, -0.15) is 0 Å². The summed E-state index contributed by atoms with van der Waals surface area (Å²) in [6, 6.07) is 16.0. The van der Waals surface area contributed by atoms with E-state index in [2.05, 4.69) is 15.1 Å². The molecule has 2 saturated heterocycles. The van der Waals surface area contributed by atoms with Gasteiger partial charge in [-0.05, 0) is 30.2 Å². The summed E-state index contributed by atoms with van der Waals surface area (Å²) in [6.45, 7) is 7.22. The number of anilines is 2. The van der Waals surface area contributed by atoms with Gasteiger partial charge in [0.05, 0.1) is 4.92 Å². The van der Waals surface area contributed by atoms with Gasteiger partial charge in [-0.3, -0.25) is 19.9 Å². The van der Waals surface area contributed by atoms with Crippen molar-refractivity contribution in [2.75, 3.05) is 51.2 Å². The SMILES string of the molecule is CN(c1ccccc1)c1ccc(CN2CCC(N3CCNCC3)C2)cc1[N+](=O)[O-]. The second-order valence-corrected chi connectivity index (χ2v) is 7.94. The van der Waals surface area contributed by atoms with Crippen LogP contribution in [0.25, 0.3) is 0 Å². The van der Waals surface area contributed by atoms with E-state index >= 15 is 0 Å². The highest BCUT2D eigenvalue weighted by Crippen LogP contribution is 2.33. The van der Waals surface area contributed by atoms with Crippen molar-refractivity contribution in [3.63, 3.8) is 0 Å². The number of para-hydroxylation sites is 1. The van der Waals surface area contributed by atoms with Gasteiger partial charge in [-0.1, -0.05) is 24.3 Å². The monoisotopic (exact) mass is 395 g/mol. The van der Waals surface area contributed by atoms with Crippen molar-refractivity contribution in [1.82, 2.24) is 15.1 Å². The van der Waals surface area contributed by atoms with Crippen molar-refractivity contribution in [1.29, 1.82) is 0 Å². The Kier molecular flexibility index (Phi) is 6.08. The van der Waals surface area contributed by atoms with Crippen LogP contribution < -0.4 is 10.2 Å². The lowest BCUT2D eigenvalue weighted by atomic mass is 10.1.